The second-order valence-electron chi connectivity index (χ2n) is 6.68. The predicted octanol–water partition coefficient (Wildman–Crippen LogP) is 2.65. The predicted molar refractivity (Wildman–Crippen MR) is 83.1 cm³/mol. The van der Waals surface area contributed by atoms with Crippen LogP contribution in [-0.4, -0.2) is 16.9 Å². The lowest BCUT2D eigenvalue weighted by molar-refractivity contribution is 0.0949. The molecular formula is C16H17N3OS. The first-order chi connectivity index (χ1) is 10.2. The molecule has 3 fully saturated rings. The number of nitrogens with zero attached hydrogens (tertiary/aromatic N) is 1. The van der Waals surface area contributed by atoms with Crippen LogP contribution in [0.4, 0.5) is 5.69 Å². The number of carbonyl (C=O) groups is 1. The highest BCUT2D eigenvalue weighted by Crippen LogP contribution is 2.65. The summed E-state index contributed by atoms with van der Waals surface area (Å²) in [7, 11) is 0. The van der Waals surface area contributed by atoms with E-state index in [-0.39, 0.29) is 5.91 Å². The molecule has 2 aromatic rings. The van der Waals surface area contributed by atoms with Crippen LogP contribution < -0.4 is 11.1 Å². The maximum absolute atomic E-state index is 12.5. The van der Waals surface area contributed by atoms with Crippen molar-refractivity contribution in [3.63, 3.8) is 0 Å². The monoisotopic (exact) mass is 299 g/mol. The average Bonchev–Trinajstić information content (AvgIpc) is 2.84. The van der Waals surface area contributed by atoms with E-state index in [4.69, 9.17) is 5.73 Å². The summed E-state index contributed by atoms with van der Waals surface area (Å²) in [5.41, 5.74) is 7.39. The molecule has 0 radical (unpaired) electrons. The number of carbonyl (C=O) groups excluding carboxylic acids is 1. The smallest absolute Gasteiger partial charge is 0.263 e. The van der Waals surface area contributed by atoms with Gasteiger partial charge in [0.25, 0.3) is 5.91 Å². The van der Waals surface area contributed by atoms with Crippen LogP contribution in [0, 0.1) is 23.7 Å². The molecule has 4 unspecified atom stereocenters. The third-order valence-corrected chi connectivity index (χ3v) is 6.88. The van der Waals surface area contributed by atoms with Gasteiger partial charge in [0.1, 0.15) is 10.4 Å². The van der Waals surface area contributed by atoms with Gasteiger partial charge < -0.3 is 11.1 Å². The van der Waals surface area contributed by atoms with Gasteiger partial charge in [-0.2, -0.15) is 0 Å². The molecule has 4 atom stereocenters. The number of thiophene rings is 1. The van der Waals surface area contributed by atoms with Crippen molar-refractivity contribution in [2.75, 3.05) is 5.73 Å². The van der Waals surface area contributed by atoms with E-state index in [1.54, 1.807) is 6.20 Å². The summed E-state index contributed by atoms with van der Waals surface area (Å²) in [6.45, 7) is 0. The summed E-state index contributed by atoms with van der Waals surface area (Å²) in [6.07, 6.45) is 5.85. The summed E-state index contributed by atoms with van der Waals surface area (Å²) in [5, 5.41) is 3.24. The SMILES string of the molecule is Nc1c(C(=O)NC2C3C4CCC(C4)C23)sc2cccnc12. The minimum Gasteiger partial charge on any atom is -0.396 e. The molecule has 21 heavy (non-hydrogen) atoms. The molecule has 3 aliphatic carbocycles. The maximum atomic E-state index is 12.5. The van der Waals surface area contributed by atoms with Gasteiger partial charge in [-0.3, -0.25) is 9.78 Å². The lowest BCUT2D eigenvalue weighted by atomic mass is 10.0. The van der Waals surface area contributed by atoms with Crippen molar-refractivity contribution in [1.29, 1.82) is 0 Å². The number of hydrogen-bond donors (Lipinski definition) is 2. The number of pyridine rings is 1. The van der Waals surface area contributed by atoms with E-state index in [0.717, 1.165) is 33.9 Å². The van der Waals surface area contributed by atoms with E-state index in [9.17, 15) is 4.79 Å². The van der Waals surface area contributed by atoms with Gasteiger partial charge in [-0.15, -0.1) is 11.3 Å². The Balaban J connectivity index is 1.40. The van der Waals surface area contributed by atoms with Crippen molar-refractivity contribution in [3.05, 3.63) is 23.2 Å². The maximum Gasteiger partial charge on any atom is 0.263 e. The van der Waals surface area contributed by atoms with Crippen molar-refractivity contribution < 1.29 is 4.79 Å². The van der Waals surface area contributed by atoms with Crippen molar-refractivity contribution in [1.82, 2.24) is 10.3 Å². The van der Waals surface area contributed by atoms with Crippen LogP contribution in [0.25, 0.3) is 10.2 Å². The van der Waals surface area contributed by atoms with Gasteiger partial charge in [0.15, 0.2) is 0 Å². The second kappa shape index (κ2) is 3.97. The molecule has 2 heterocycles. The van der Waals surface area contributed by atoms with Gasteiger partial charge in [0.2, 0.25) is 0 Å². The first-order valence-electron chi connectivity index (χ1n) is 7.68. The highest BCUT2D eigenvalue weighted by atomic mass is 32.1. The minimum absolute atomic E-state index is 0.00528. The quantitative estimate of drug-likeness (QED) is 0.896. The summed E-state index contributed by atoms with van der Waals surface area (Å²) in [4.78, 5) is 17.4. The third-order valence-electron chi connectivity index (χ3n) is 5.72. The van der Waals surface area contributed by atoms with Crippen molar-refractivity contribution in [2.45, 2.75) is 25.3 Å². The molecule has 108 valence electrons. The van der Waals surface area contributed by atoms with Gasteiger partial charge >= 0.3 is 0 Å². The molecule has 5 rings (SSSR count). The number of hydrogen-bond acceptors (Lipinski definition) is 4. The molecule has 0 saturated heterocycles. The summed E-state index contributed by atoms with van der Waals surface area (Å²) in [6, 6.07) is 4.25. The van der Waals surface area contributed by atoms with Gasteiger partial charge in [-0.05, 0) is 55.1 Å². The molecule has 2 bridgehead atoms. The molecule has 0 spiro atoms. The number of fused-ring (bicyclic) bond motifs is 6. The van der Waals surface area contributed by atoms with E-state index >= 15 is 0 Å². The molecule has 3 saturated carbocycles. The average molecular weight is 299 g/mol. The zero-order chi connectivity index (χ0) is 14.1. The molecule has 5 heteroatoms. The number of amides is 1. The van der Waals surface area contributed by atoms with Gasteiger partial charge in [-0.25, -0.2) is 0 Å². The van der Waals surface area contributed by atoms with E-state index in [2.05, 4.69) is 10.3 Å². The van der Waals surface area contributed by atoms with Crippen molar-refractivity contribution in [3.8, 4) is 0 Å². The molecular weight excluding hydrogens is 282 g/mol. The molecule has 1 amide bonds. The van der Waals surface area contributed by atoms with Gasteiger partial charge in [0, 0.05) is 12.2 Å². The number of nitrogens with one attached hydrogen (secondary N) is 1. The fourth-order valence-electron chi connectivity index (χ4n) is 4.85. The first-order valence-corrected chi connectivity index (χ1v) is 8.49. The Hall–Kier alpha value is -1.62. The van der Waals surface area contributed by atoms with Gasteiger partial charge in [0.05, 0.1) is 10.4 Å². The topological polar surface area (TPSA) is 68.0 Å². The molecule has 0 aromatic carbocycles. The third kappa shape index (κ3) is 1.55. The largest absolute Gasteiger partial charge is 0.396 e. The molecule has 2 aromatic heterocycles. The summed E-state index contributed by atoms with van der Waals surface area (Å²) >= 11 is 1.45. The zero-order valence-electron chi connectivity index (χ0n) is 11.6. The summed E-state index contributed by atoms with van der Waals surface area (Å²) in [5.74, 6) is 3.23. The van der Waals surface area contributed by atoms with Crippen LogP contribution in [0.3, 0.4) is 0 Å². The van der Waals surface area contributed by atoms with E-state index in [0.29, 0.717) is 16.6 Å². The number of anilines is 1. The highest BCUT2D eigenvalue weighted by Gasteiger charge is 2.65. The number of rotatable bonds is 2. The van der Waals surface area contributed by atoms with Crippen molar-refractivity contribution in [2.24, 2.45) is 23.7 Å². The lowest BCUT2D eigenvalue weighted by Crippen LogP contribution is -2.29. The Kier molecular flexibility index (Phi) is 2.27. The standard InChI is InChI=1S/C16H17N3OS/c17-12-13-9(2-1-5-18-13)21-15(12)16(20)19-14-10-7-3-4-8(6-7)11(10)14/h1-2,5,7-8,10-11,14H,3-4,6,17H2,(H,19,20). The fraction of sp³-hybridized carbons (Fsp3) is 0.500. The highest BCUT2D eigenvalue weighted by molar-refractivity contribution is 7.21. The second-order valence-corrected chi connectivity index (χ2v) is 7.73. The minimum atomic E-state index is -0.00528. The summed E-state index contributed by atoms with van der Waals surface area (Å²) < 4.78 is 0.983. The number of nitrogen functional groups attached to an aromatic ring is 1. The van der Waals surface area contributed by atoms with Crippen LogP contribution in [0.2, 0.25) is 0 Å². The fourth-order valence-corrected chi connectivity index (χ4v) is 5.84. The number of nitrogens with two attached hydrogens (primary N) is 1. The van der Waals surface area contributed by atoms with Gasteiger partial charge in [-0.1, -0.05) is 0 Å². The van der Waals surface area contributed by atoms with Crippen LogP contribution in [0.15, 0.2) is 18.3 Å². The Labute approximate surface area is 126 Å². The molecule has 3 aliphatic rings. The van der Waals surface area contributed by atoms with E-state index < -0.39 is 0 Å². The Morgan fingerprint density at radius 2 is 2.10 bits per heavy atom. The zero-order valence-corrected chi connectivity index (χ0v) is 12.4. The van der Waals surface area contributed by atoms with E-state index in [1.165, 1.54) is 30.6 Å². The van der Waals surface area contributed by atoms with Crippen LogP contribution >= 0.6 is 11.3 Å². The molecule has 3 N–H and O–H groups in total. The molecule has 0 aliphatic heterocycles. The number of aromatic nitrogens is 1. The van der Waals surface area contributed by atoms with Crippen LogP contribution in [0.1, 0.15) is 28.9 Å². The molecule has 4 nitrogen and oxygen atoms in total. The lowest BCUT2D eigenvalue weighted by Gasteiger charge is -2.10. The Bertz CT molecular complexity index is 739. The van der Waals surface area contributed by atoms with Crippen LogP contribution in [0.5, 0.6) is 0 Å². The van der Waals surface area contributed by atoms with Crippen LogP contribution in [-0.2, 0) is 0 Å². The Morgan fingerprint density at radius 3 is 2.81 bits per heavy atom. The Morgan fingerprint density at radius 1 is 1.33 bits per heavy atom. The first kappa shape index (κ1) is 12.0. The van der Waals surface area contributed by atoms with E-state index in [1.807, 2.05) is 12.1 Å². The normalized spacial score (nSPS) is 35.9. The van der Waals surface area contributed by atoms with Crippen molar-refractivity contribution >= 4 is 33.1 Å².